The van der Waals surface area contributed by atoms with Crippen LogP contribution in [-0.4, -0.2) is 15.8 Å². The number of fused-ring (bicyclic) bond motifs is 1. The highest BCUT2D eigenvalue weighted by Gasteiger charge is 2.49. The molecule has 2 nitrogen and oxygen atoms in total. The quantitative estimate of drug-likeness (QED) is 0.759. The van der Waals surface area contributed by atoms with Crippen molar-refractivity contribution < 1.29 is 10.2 Å². The third-order valence-electron chi connectivity index (χ3n) is 3.66. The molecule has 1 aromatic rings. The van der Waals surface area contributed by atoms with Crippen LogP contribution in [-0.2, 0) is 5.60 Å². The van der Waals surface area contributed by atoms with E-state index in [2.05, 4.69) is 0 Å². The molecule has 0 aromatic heterocycles. The summed E-state index contributed by atoms with van der Waals surface area (Å²) in [7, 11) is 0. The van der Waals surface area contributed by atoms with Crippen LogP contribution >= 0.6 is 0 Å². The summed E-state index contributed by atoms with van der Waals surface area (Å²) >= 11 is 0. The minimum Gasteiger partial charge on any atom is -0.382 e. The number of rotatable bonds is 1. The van der Waals surface area contributed by atoms with E-state index in [1.54, 1.807) is 13.0 Å². The zero-order chi connectivity index (χ0) is 12.0. The summed E-state index contributed by atoms with van der Waals surface area (Å²) < 4.78 is 0. The largest absolute Gasteiger partial charge is 0.382 e. The van der Waals surface area contributed by atoms with E-state index in [9.17, 15) is 10.2 Å². The van der Waals surface area contributed by atoms with Crippen molar-refractivity contribution in [3.05, 3.63) is 41.5 Å². The van der Waals surface area contributed by atoms with Gasteiger partial charge in [-0.3, -0.25) is 0 Å². The van der Waals surface area contributed by atoms with Crippen LogP contribution in [0.15, 0.2) is 30.3 Å². The van der Waals surface area contributed by atoms with Gasteiger partial charge in [0.25, 0.3) is 0 Å². The Kier molecular flexibility index (Phi) is 2.44. The summed E-state index contributed by atoms with van der Waals surface area (Å²) in [6.45, 7) is 5.49. The van der Waals surface area contributed by atoms with Gasteiger partial charge in [-0.2, -0.15) is 0 Å². The SMILES string of the molecule is CC(C)C1(O)C=Cc2ccccc2C1(C)O. The maximum Gasteiger partial charge on any atom is 0.120 e. The average molecular weight is 218 g/mol. The molecule has 0 aliphatic heterocycles. The Morgan fingerprint density at radius 1 is 1.12 bits per heavy atom. The first-order valence-corrected chi connectivity index (χ1v) is 5.63. The molecule has 0 bridgehead atoms. The van der Waals surface area contributed by atoms with Crippen molar-refractivity contribution in [3.8, 4) is 0 Å². The van der Waals surface area contributed by atoms with E-state index >= 15 is 0 Å². The van der Waals surface area contributed by atoms with Gasteiger partial charge in [0.1, 0.15) is 11.2 Å². The Hall–Kier alpha value is -1.12. The van der Waals surface area contributed by atoms with Crippen molar-refractivity contribution in [2.45, 2.75) is 32.0 Å². The number of hydrogen-bond acceptors (Lipinski definition) is 2. The third kappa shape index (κ3) is 1.34. The topological polar surface area (TPSA) is 40.5 Å². The Morgan fingerprint density at radius 3 is 2.38 bits per heavy atom. The van der Waals surface area contributed by atoms with Crippen molar-refractivity contribution >= 4 is 6.08 Å². The molecule has 0 spiro atoms. The molecule has 2 atom stereocenters. The third-order valence-corrected chi connectivity index (χ3v) is 3.66. The fourth-order valence-corrected chi connectivity index (χ4v) is 2.44. The molecule has 0 radical (unpaired) electrons. The van der Waals surface area contributed by atoms with E-state index in [0.717, 1.165) is 11.1 Å². The lowest BCUT2D eigenvalue weighted by Crippen LogP contribution is -2.53. The Labute approximate surface area is 96.2 Å². The molecule has 0 amide bonds. The van der Waals surface area contributed by atoms with Crippen LogP contribution in [0.25, 0.3) is 6.08 Å². The molecular weight excluding hydrogens is 200 g/mol. The van der Waals surface area contributed by atoms with Gasteiger partial charge < -0.3 is 10.2 Å². The molecule has 86 valence electrons. The van der Waals surface area contributed by atoms with Crippen LogP contribution in [0.5, 0.6) is 0 Å². The van der Waals surface area contributed by atoms with E-state index in [0.29, 0.717) is 0 Å². The fraction of sp³-hybridized carbons (Fsp3) is 0.429. The summed E-state index contributed by atoms with van der Waals surface area (Å²) in [5.41, 5.74) is -0.694. The van der Waals surface area contributed by atoms with Gasteiger partial charge in [0.05, 0.1) is 0 Å². The second kappa shape index (κ2) is 3.44. The van der Waals surface area contributed by atoms with Gasteiger partial charge >= 0.3 is 0 Å². The molecule has 0 heterocycles. The van der Waals surface area contributed by atoms with Crippen LogP contribution in [0, 0.1) is 5.92 Å². The summed E-state index contributed by atoms with van der Waals surface area (Å²) in [6, 6.07) is 7.62. The molecule has 2 unspecified atom stereocenters. The van der Waals surface area contributed by atoms with Crippen LogP contribution in [0.1, 0.15) is 31.9 Å². The Bertz CT molecular complexity index is 432. The molecule has 2 rings (SSSR count). The lowest BCUT2D eigenvalue weighted by Gasteiger charge is -2.45. The summed E-state index contributed by atoms with van der Waals surface area (Å²) in [5, 5.41) is 21.2. The molecule has 1 aliphatic rings. The fourth-order valence-electron chi connectivity index (χ4n) is 2.44. The highest BCUT2D eigenvalue weighted by atomic mass is 16.4. The van der Waals surface area contributed by atoms with Crippen molar-refractivity contribution in [1.82, 2.24) is 0 Å². The van der Waals surface area contributed by atoms with Crippen LogP contribution in [0.2, 0.25) is 0 Å². The van der Waals surface area contributed by atoms with Crippen molar-refractivity contribution in [3.63, 3.8) is 0 Å². The van der Waals surface area contributed by atoms with Gasteiger partial charge in [-0.1, -0.05) is 44.2 Å². The first-order valence-electron chi connectivity index (χ1n) is 5.63. The number of aliphatic hydroxyl groups is 2. The number of hydrogen-bond donors (Lipinski definition) is 2. The van der Waals surface area contributed by atoms with Crippen molar-refractivity contribution in [2.24, 2.45) is 5.92 Å². The molecule has 0 fully saturated rings. The normalized spacial score (nSPS) is 32.9. The minimum absolute atomic E-state index is 0.0490. The monoisotopic (exact) mass is 218 g/mol. The van der Waals surface area contributed by atoms with Crippen molar-refractivity contribution in [1.29, 1.82) is 0 Å². The second-order valence-corrected chi connectivity index (χ2v) is 4.97. The zero-order valence-electron chi connectivity index (χ0n) is 9.94. The van der Waals surface area contributed by atoms with Crippen LogP contribution in [0.3, 0.4) is 0 Å². The van der Waals surface area contributed by atoms with Crippen LogP contribution in [0.4, 0.5) is 0 Å². The molecule has 2 N–H and O–H groups in total. The van der Waals surface area contributed by atoms with Gasteiger partial charge in [0.2, 0.25) is 0 Å². The Morgan fingerprint density at radius 2 is 1.75 bits per heavy atom. The first kappa shape index (κ1) is 11.4. The standard InChI is InChI=1S/C14H18O2/c1-10(2)14(16)9-8-11-6-4-5-7-12(11)13(14,3)15/h4-10,15-16H,1-3H3. The van der Waals surface area contributed by atoms with E-state index in [1.807, 2.05) is 44.2 Å². The Balaban J connectivity index is 2.63. The second-order valence-electron chi connectivity index (χ2n) is 4.97. The highest BCUT2D eigenvalue weighted by Crippen LogP contribution is 2.44. The maximum absolute atomic E-state index is 10.6. The number of benzene rings is 1. The van der Waals surface area contributed by atoms with Gasteiger partial charge in [-0.05, 0) is 30.0 Å². The summed E-state index contributed by atoms with van der Waals surface area (Å²) in [6.07, 6.45) is 3.59. The maximum atomic E-state index is 10.6. The molecule has 16 heavy (non-hydrogen) atoms. The lowest BCUT2D eigenvalue weighted by molar-refractivity contribution is -0.142. The summed E-state index contributed by atoms with van der Waals surface area (Å²) in [4.78, 5) is 0. The predicted molar refractivity (Wildman–Crippen MR) is 64.8 cm³/mol. The van der Waals surface area contributed by atoms with Gasteiger partial charge in [0, 0.05) is 0 Å². The average Bonchev–Trinajstić information content (AvgIpc) is 2.24. The molecule has 2 heteroatoms. The predicted octanol–water partition coefficient (Wildman–Crippen LogP) is 2.31. The first-order chi connectivity index (χ1) is 7.39. The smallest absolute Gasteiger partial charge is 0.120 e. The minimum atomic E-state index is -1.24. The van der Waals surface area contributed by atoms with Gasteiger partial charge in [-0.15, -0.1) is 0 Å². The van der Waals surface area contributed by atoms with E-state index in [1.165, 1.54) is 0 Å². The van der Waals surface area contributed by atoms with E-state index in [4.69, 9.17) is 0 Å². The van der Waals surface area contributed by atoms with Crippen LogP contribution < -0.4 is 0 Å². The lowest BCUT2D eigenvalue weighted by atomic mass is 9.68. The molecular formula is C14H18O2. The summed E-state index contributed by atoms with van der Waals surface area (Å²) in [5.74, 6) is -0.0490. The highest BCUT2D eigenvalue weighted by molar-refractivity contribution is 5.61. The van der Waals surface area contributed by atoms with E-state index in [-0.39, 0.29) is 5.92 Å². The molecule has 0 saturated carbocycles. The van der Waals surface area contributed by atoms with Crippen molar-refractivity contribution in [2.75, 3.05) is 0 Å². The molecule has 1 aromatic carbocycles. The molecule has 0 saturated heterocycles. The van der Waals surface area contributed by atoms with E-state index < -0.39 is 11.2 Å². The zero-order valence-corrected chi connectivity index (χ0v) is 9.94. The van der Waals surface area contributed by atoms with Gasteiger partial charge in [-0.25, -0.2) is 0 Å². The molecule has 1 aliphatic carbocycles. The van der Waals surface area contributed by atoms with Gasteiger partial charge in [0.15, 0.2) is 0 Å².